The Balaban J connectivity index is 1.44. The van der Waals surface area contributed by atoms with Crippen LogP contribution in [-0.2, 0) is 21.1 Å². The van der Waals surface area contributed by atoms with Crippen molar-refractivity contribution in [1.82, 2.24) is 4.90 Å². The molecule has 0 saturated carbocycles. The Morgan fingerprint density at radius 2 is 1.57 bits per heavy atom. The van der Waals surface area contributed by atoms with Gasteiger partial charge in [0.25, 0.3) is 0 Å². The molecule has 2 unspecified atom stereocenters. The van der Waals surface area contributed by atoms with E-state index in [4.69, 9.17) is 0 Å². The Labute approximate surface area is 175 Å². The molecule has 6 heteroatoms. The lowest BCUT2D eigenvalue weighted by Gasteiger charge is -2.38. The molecule has 0 spiro atoms. The molecular weight excluding hydrogens is 438 g/mol. The smallest absolute Gasteiger partial charge is 0.223 e. The van der Waals surface area contributed by atoms with Gasteiger partial charge in [-0.05, 0) is 55.9 Å². The fourth-order valence-corrected chi connectivity index (χ4v) is 7.02. The molecule has 148 valence electrons. The molecule has 28 heavy (non-hydrogen) atoms. The number of hydrogen-bond acceptors (Lipinski definition) is 3. The first-order valence-corrected chi connectivity index (χ1v) is 12.1. The normalized spacial score (nSPS) is 24.3. The van der Waals surface area contributed by atoms with Crippen LogP contribution in [0.2, 0.25) is 0 Å². The van der Waals surface area contributed by atoms with Gasteiger partial charge in [0.1, 0.15) is 0 Å². The topological polar surface area (TPSA) is 54.5 Å². The van der Waals surface area contributed by atoms with Gasteiger partial charge >= 0.3 is 0 Å². The number of fused-ring (bicyclic) bond motifs is 2. The van der Waals surface area contributed by atoms with Gasteiger partial charge in [-0.3, -0.25) is 4.79 Å². The minimum absolute atomic E-state index is 0.0500. The van der Waals surface area contributed by atoms with E-state index in [0.29, 0.717) is 30.6 Å². The Morgan fingerprint density at radius 1 is 0.964 bits per heavy atom. The van der Waals surface area contributed by atoms with Crippen molar-refractivity contribution in [3.63, 3.8) is 0 Å². The van der Waals surface area contributed by atoms with Gasteiger partial charge < -0.3 is 4.90 Å². The van der Waals surface area contributed by atoms with E-state index in [2.05, 4.69) is 15.9 Å². The lowest BCUT2D eigenvalue weighted by Crippen LogP contribution is -2.49. The molecule has 2 atom stereocenters. The van der Waals surface area contributed by atoms with Crippen molar-refractivity contribution >= 4 is 31.7 Å². The predicted molar refractivity (Wildman–Crippen MR) is 113 cm³/mol. The van der Waals surface area contributed by atoms with Crippen LogP contribution in [0.5, 0.6) is 0 Å². The van der Waals surface area contributed by atoms with Crippen molar-refractivity contribution in [3.8, 4) is 0 Å². The summed E-state index contributed by atoms with van der Waals surface area (Å²) >= 11 is 3.54. The van der Waals surface area contributed by atoms with Crippen LogP contribution in [0.4, 0.5) is 0 Å². The highest BCUT2D eigenvalue weighted by Gasteiger charge is 2.46. The van der Waals surface area contributed by atoms with Gasteiger partial charge in [0.15, 0.2) is 9.84 Å². The number of aryl methyl sites for hydroxylation is 1. The molecule has 1 amide bonds. The van der Waals surface area contributed by atoms with E-state index >= 15 is 0 Å². The van der Waals surface area contributed by atoms with Crippen LogP contribution in [0.1, 0.15) is 37.7 Å². The molecule has 4 rings (SSSR count). The molecule has 2 aliphatic rings. The number of sulfone groups is 1. The average molecular weight is 462 g/mol. The summed E-state index contributed by atoms with van der Waals surface area (Å²) in [5.41, 5.74) is 1.13. The van der Waals surface area contributed by atoms with Crippen molar-refractivity contribution in [2.75, 3.05) is 0 Å². The lowest BCUT2D eigenvalue weighted by atomic mass is 10.0. The van der Waals surface area contributed by atoms with Crippen molar-refractivity contribution in [2.45, 2.75) is 60.8 Å². The lowest BCUT2D eigenvalue weighted by molar-refractivity contribution is -0.135. The van der Waals surface area contributed by atoms with Crippen LogP contribution >= 0.6 is 15.9 Å². The summed E-state index contributed by atoms with van der Waals surface area (Å²) < 4.78 is 27.1. The fourth-order valence-electron chi connectivity index (χ4n) is 4.66. The van der Waals surface area contributed by atoms with Crippen LogP contribution in [0.15, 0.2) is 64.0 Å². The number of benzene rings is 2. The highest BCUT2D eigenvalue weighted by Crippen LogP contribution is 2.40. The van der Waals surface area contributed by atoms with Gasteiger partial charge in [0, 0.05) is 23.0 Å². The molecule has 0 aromatic heterocycles. The summed E-state index contributed by atoms with van der Waals surface area (Å²) in [5, 5.41) is -0.389. The quantitative estimate of drug-likeness (QED) is 0.663. The van der Waals surface area contributed by atoms with Crippen molar-refractivity contribution < 1.29 is 13.2 Å². The molecular formula is C22H24BrNO3S. The van der Waals surface area contributed by atoms with E-state index in [1.54, 1.807) is 24.3 Å². The van der Waals surface area contributed by atoms with E-state index in [9.17, 15) is 13.2 Å². The van der Waals surface area contributed by atoms with Crippen LogP contribution in [0.25, 0.3) is 0 Å². The SMILES string of the molecule is O=C(CCc1ccccc1Br)N1C2CCC1CC(S(=O)(=O)c1ccccc1)C2. The van der Waals surface area contributed by atoms with Crippen LogP contribution in [0.3, 0.4) is 0 Å². The van der Waals surface area contributed by atoms with E-state index in [-0.39, 0.29) is 23.2 Å². The zero-order valence-corrected chi connectivity index (χ0v) is 18.0. The van der Waals surface area contributed by atoms with Gasteiger partial charge in [0.05, 0.1) is 10.1 Å². The average Bonchev–Trinajstić information content (AvgIpc) is 2.97. The summed E-state index contributed by atoms with van der Waals surface area (Å²) in [7, 11) is -3.34. The second-order valence-electron chi connectivity index (χ2n) is 7.73. The highest BCUT2D eigenvalue weighted by molar-refractivity contribution is 9.10. The molecule has 2 fully saturated rings. The minimum Gasteiger partial charge on any atom is -0.337 e. The number of piperidine rings is 1. The molecule has 4 nitrogen and oxygen atoms in total. The maximum absolute atomic E-state index is 13.0. The molecule has 0 aliphatic carbocycles. The molecule has 2 bridgehead atoms. The van der Waals surface area contributed by atoms with Crippen molar-refractivity contribution in [1.29, 1.82) is 0 Å². The van der Waals surface area contributed by atoms with E-state index in [0.717, 1.165) is 22.9 Å². The Bertz CT molecular complexity index is 947. The summed E-state index contributed by atoms with van der Waals surface area (Å²) in [6.07, 6.45) is 4.08. The number of rotatable bonds is 5. The Morgan fingerprint density at radius 3 is 2.21 bits per heavy atom. The predicted octanol–water partition coefficient (Wildman–Crippen LogP) is 4.38. The van der Waals surface area contributed by atoms with Crippen LogP contribution in [0, 0.1) is 0 Å². The standard InChI is InChI=1S/C22H24BrNO3S/c23-21-9-5-4-6-16(21)10-13-22(25)24-17-11-12-18(24)15-20(14-17)28(26,27)19-7-2-1-3-8-19/h1-9,17-18,20H,10-15H2. The summed E-state index contributed by atoms with van der Waals surface area (Å²) in [5.74, 6) is 0.152. The summed E-state index contributed by atoms with van der Waals surface area (Å²) in [6.45, 7) is 0. The Hall–Kier alpha value is -1.66. The molecule has 2 aromatic rings. The zero-order chi connectivity index (χ0) is 19.7. The van der Waals surface area contributed by atoms with Gasteiger partial charge in [-0.25, -0.2) is 8.42 Å². The number of halogens is 1. The van der Waals surface area contributed by atoms with E-state index in [1.165, 1.54) is 0 Å². The van der Waals surface area contributed by atoms with Gasteiger partial charge in [-0.1, -0.05) is 52.3 Å². The third-order valence-corrected chi connectivity index (χ3v) is 9.02. The molecule has 0 N–H and O–H groups in total. The van der Waals surface area contributed by atoms with Crippen molar-refractivity contribution in [2.24, 2.45) is 0 Å². The number of amides is 1. The van der Waals surface area contributed by atoms with Crippen LogP contribution < -0.4 is 0 Å². The Kier molecular flexibility index (Phi) is 5.61. The molecule has 2 aromatic carbocycles. The van der Waals surface area contributed by atoms with Gasteiger partial charge in [-0.2, -0.15) is 0 Å². The van der Waals surface area contributed by atoms with Crippen molar-refractivity contribution in [3.05, 3.63) is 64.6 Å². The first-order valence-electron chi connectivity index (χ1n) is 9.80. The summed E-state index contributed by atoms with van der Waals surface area (Å²) in [6, 6.07) is 16.8. The number of carbonyl (C=O) groups excluding carboxylic acids is 1. The maximum Gasteiger partial charge on any atom is 0.223 e. The zero-order valence-electron chi connectivity index (χ0n) is 15.6. The second-order valence-corrected chi connectivity index (χ2v) is 10.8. The third-order valence-electron chi connectivity index (χ3n) is 6.05. The third kappa shape index (κ3) is 3.77. The molecule has 2 aliphatic heterocycles. The molecule has 2 saturated heterocycles. The largest absolute Gasteiger partial charge is 0.337 e. The monoisotopic (exact) mass is 461 g/mol. The van der Waals surface area contributed by atoms with Gasteiger partial charge in [0.2, 0.25) is 5.91 Å². The minimum atomic E-state index is -3.34. The van der Waals surface area contributed by atoms with Gasteiger partial charge in [-0.15, -0.1) is 0 Å². The fraction of sp³-hybridized carbons (Fsp3) is 0.409. The first kappa shape index (κ1) is 19.6. The number of hydrogen-bond donors (Lipinski definition) is 0. The maximum atomic E-state index is 13.0. The van der Waals surface area contributed by atoms with Crippen LogP contribution in [-0.4, -0.2) is 36.6 Å². The molecule has 0 radical (unpaired) electrons. The number of nitrogens with zero attached hydrogens (tertiary/aromatic N) is 1. The highest BCUT2D eigenvalue weighted by atomic mass is 79.9. The summed E-state index contributed by atoms with van der Waals surface area (Å²) in [4.78, 5) is 15.3. The van der Waals surface area contributed by atoms with E-state index in [1.807, 2.05) is 35.2 Å². The first-order chi connectivity index (χ1) is 13.5. The number of carbonyl (C=O) groups is 1. The van der Waals surface area contributed by atoms with E-state index < -0.39 is 9.84 Å². The second kappa shape index (κ2) is 7.99. The molecule has 2 heterocycles.